The van der Waals surface area contributed by atoms with Crippen LogP contribution in [0, 0.1) is 0 Å². The van der Waals surface area contributed by atoms with Crippen LogP contribution in [0.5, 0.6) is 0 Å². The largest absolute Gasteiger partial charge is 0.297 e. The molecule has 0 radical (unpaired) electrons. The van der Waals surface area contributed by atoms with Gasteiger partial charge in [0.25, 0.3) is 10.1 Å². The van der Waals surface area contributed by atoms with Crippen LogP contribution in [0.4, 0.5) is 0 Å². The van der Waals surface area contributed by atoms with Crippen molar-refractivity contribution in [3.05, 3.63) is 42.5 Å². The van der Waals surface area contributed by atoms with Crippen molar-refractivity contribution in [3.8, 4) is 0 Å². The van der Waals surface area contributed by atoms with Gasteiger partial charge in [0.05, 0.1) is 6.61 Å². The molecule has 0 atom stereocenters. The minimum absolute atomic E-state index is 0.113. The molecule has 0 aliphatic rings. The highest BCUT2D eigenvalue weighted by atomic mass is 32.2. The van der Waals surface area contributed by atoms with Crippen LogP contribution in [-0.4, -0.2) is 15.0 Å². The Bertz CT molecular complexity index is 501. The zero-order valence-electron chi connectivity index (χ0n) is 9.14. The SMILES string of the molecule is C=Cc1ccc(S(=O)(=O)OCC)c(C=C)c1. The topological polar surface area (TPSA) is 43.4 Å². The Kier molecular flexibility index (Phi) is 4.04. The normalized spacial score (nSPS) is 11.1. The van der Waals surface area contributed by atoms with E-state index < -0.39 is 10.1 Å². The van der Waals surface area contributed by atoms with Gasteiger partial charge in [0.1, 0.15) is 4.90 Å². The molecule has 0 amide bonds. The van der Waals surface area contributed by atoms with Crippen molar-refractivity contribution in [2.45, 2.75) is 11.8 Å². The van der Waals surface area contributed by atoms with E-state index in [4.69, 9.17) is 4.18 Å². The molecule has 3 nitrogen and oxygen atoms in total. The highest BCUT2D eigenvalue weighted by Gasteiger charge is 2.17. The van der Waals surface area contributed by atoms with Crippen molar-refractivity contribution >= 4 is 22.3 Å². The summed E-state index contributed by atoms with van der Waals surface area (Å²) in [6.45, 7) is 8.95. The maximum Gasteiger partial charge on any atom is 0.297 e. The first-order valence-electron chi connectivity index (χ1n) is 4.83. The minimum atomic E-state index is -3.68. The molecule has 4 heteroatoms. The van der Waals surface area contributed by atoms with E-state index in [0.29, 0.717) is 5.56 Å². The van der Waals surface area contributed by atoms with Crippen LogP contribution < -0.4 is 0 Å². The zero-order chi connectivity index (χ0) is 12.2. The van der Waals surface area contributed by atoms with Crippen molar-refractivity contribution in [1.29, 1.82) is 0 Å². The summed E-state index contributed by atoms with van der Waals surface area (Å²) >= 11 is 0. The van der Waals surface area contributed by atoms with Gasteiger partial charge >= 0.3 is 0 Å². The van der Waals surface area contributed by atoms with Crippen LogP contribution in [0.2, 0.25) is 0 Å². The smallest absolute Gasteiger partial charge is 0.267 e. The fourth-order valence-electron chi connectivity index (χ4n) is 1.30. The lowest BCUT2D eigenvalue weighted by molar-refractivity contribution is 0.338. The van der Waals surface area contributed by atoms with Crippen molar-refractivity contribution < 1.29 is 12.6 Å². The Morgan fingerprint density at radius 2 is 2.00 bits per heavy atom. The van der Waals surface area contributed by atoms with Gasteiger partial charge in [0.15, 0.2) is 0 Å². The summed E-state index contributed by atoms with van der Waals surface area (Å²) in [5.41, 5.74) is 1.36. The average molecular weight is 238 g/mol. The summed E-state index contributed by atoms with van der Waals surface area (Å²) in [6.07, 6.45) is 3.13. The van der Waals surface area contributed by atoms with Gasteiger partial charge in [-0.25, -0.2) is 0 Å². The lowest BCUT2D eigenvalue weighted by atomic mass is 10.1. The zero-order valence-corrected chi connectivity index (χ0v) is 9.96. The summed E-state index contributed by atoms with van der Waals surface area (Å²) in [6, 6.07) is 4.87. The molecule has 1 aromatic rings. The van der Waals surface area contributed by atoms with Gasteiger partial charge in [-0.2, -0.15) is 8.42 Å². The number of rotatable bonds is 5. The molecule has 1 aromatic carbocycles. The van der Waals surface area contributed by atoms with E-state index in [0.717, 1.165) is 5.56 Å². The van der Waals surface area contributed by atoms with Gasteiger partial charge in [-0.05, 0) is 30.2 Å². The van der Waals surface area contributed by atoms with Gasteiger partial charge in [-0.3, -0.25) is 4.18 Å². The third-order valence-corrected chi connectivity index (χ3v) is 3.49. The fourth-order valence-corrected chi connectivity index (χ4v) is 2.40. The second kappa shape index (κ2) is 5.09. The molecule has 16 heavy (non-hydrogen) atoms. The van der Waals surface area contributed by atoms with Gasteiger partial charge in [0.2, 0.25) is 0 Å². The summed E-state index contributed by atoms with van der Waals surface area (Å²) in [7, 11) is -3.68. The molecule has 0 saturated heterocycles. The molecule has 0 spiro atoms. The summed E-state index contributed by atoms with van der Waals surface area (Å²) in [5.74, 6) is 0. The van der Waals surface area contributed by atoms with Gasteiger partial charge in [-0.15, -0.1) is 0 Å². The molecule has 0 aliphatic carbocycles. The number of hydrogen-bond acceptors (Lipinski definition) is 3. The quantitative estimate of drug-likeness (QED) is 0.741. The van der Waals surface area contributed by atoms with Gasteiger partial charge < -0.3 is 0 Å². The van der Waals surface area contributed by atoms with E-state index >= 15 is 0 Å². The van der Waals surface area contributed by atoms with Crippen LogP contribution >= 0.6 is 0 Å². The Morgan fingerprint density at radius 1 is 1.31 bits per heavy atom. The fraction of sp³-hybridized carbons (Fsp3) is 0.167. The van der Waals surface area contributed by atoms with E-state index in [2.05, 4.69) is 13.2 Å². The second-order valence-corrected chi connectivity index (χ2v) is 4.65. The molecule has 0 N–H and O–H groups in total. The molecule has 0 fully saturated rings. The summed E-state index contributed by atoms with van der Waals surface area (Å²) < 4.78 is 28.2. The maximum absolute atomic E-state index is 11.7. The molecule has 86 valence electrons. The van der Waals surface area contributed by atoms with E-state index in [1.54, 1.807) is 25.1 Å². The van der Waals surface area contributed by atoms with Crippen LogP contribution in [0.3, 0.4) is 0 Å². The Morgan fingerprint density at radius 3 is 2.50 bits per heavy atom. The molecular weight excluding hydrogens is 224 g/mol. The molecule has 0 aliphatic heterocycles. The third kappa shape index (κ3) is 2.59. The predicted molar refractivity (Wildman–Crippen MR) is 65.4 cm³/mol. The average Bonchev–Trinajstić information content (AvgIpc) is 2.28. The molecule has 0 heterocycles. The van der Waals surface area contributed by atoms with Crippen molar-refractivity contribution in [1.82, 2.24) is 0 Å². The van der Waals surface area contributed by atoms with Crippen LogP contribution in [0.25, 0.3) is 12.2 Å². The van der Waals surface area contributed by atoms with Crippen LogP contribution in [0.15, 0.2) is 36.3 Å². The van der Waals surface area contributed by atoms with E-state index in [1.165, 1.54) is 12.1 Å². The van der Waals surface area contributed by atoms with Crippen molar-refractivity contribution in [2.24, 2.45) is 0 Å². The molecule has 1 rings (SSSR count). The Hall–Kier alpha value is -1.39. The van der Waals surface area contributed by atoms with E-state index in [9.17, 15) is 8.42 Å². The van der Waals surface area contributed by atoms with Crippen LogP contribution in [-0.2, 0) is 14.3 Å². The first-order valence-corrected chi connectivity index (χ1v) is 6.24. The lowest BCUT2D eigenvalue weighted by Gasteiger charge is -2.07. The highest BCUT2D eigenvalue weighted by molar-refractivity contribution is 7.86. The predicted octanol–water partition coefficient (Wildman–Crippen LogP) is 2.70. The first kappa shape index (κ1) is 12.7. The first-order chi connectivity index (χ1) is 7.55. The monoisotopic (exact) mass is 238 g/mol. The van der Waals surface area contributed by atoms with Gasteiger partial charge in [-0.1, -0.05) is 31.4 Å². The van der Waals surface area contributed by atoms with E-state index in [-0.39, 0.29) is 11.5 Å². The Balaban J connectivity index is 3.34. The van der Waals surface area contributed by atoms with Gasteiger partial charge in [0, 0.05) is 0 Å². The molecule has 0 aromatic heterocycles. The lowest BCUT2D eigenvalue weighted by Crippen LogP contribution is -2.07. The standard InChI is InChI=1S/C12H14O3S/c1-4-10-7-8-12(11(5-2)9-10)16(13,14)15-6-3/h4-5,7-9H,1-2,6H2,3H3. The molecular formula is C12H14O3S. The van der Waals surface area contributed by atoms with Crippen molar-refractivity contribution in [2.75, 3.05) is 6.61 Å². The number of hydrogen-bond donors (Lipinski definition) is 0. The Labute approximate surface area is 96.2 Å². The van der Waals surface area contributed by atoms with E-state index in [1.807, 2.05) is 0 Å². The third-order valence-electron chi connectivity index (χ3n) is 2.03. The number of benzene rings is 1. The molecule has 0 bridgehead atoms. The highest BCUT2D eigenvalue weighted by Crippen LogP contribution is 2.21. The summed E-state index contributed by atoms with van der Waals surface area (Å²) in [5, 5.41) is 0. The second-order valence-electron chi connectivity index (χ2n) is 3.07. The maximum atomic E-state index is 11.7. The summed E-state index contributed by atoms with van der Waals surface area (Å²) in [4.78, 5) is 0.134. The molecule has 0 unspecified atom stereocenters. The van der Waals surface area contributed by atoms with Crippen LogP contribution in [0.1, 0.15) is 18.1 Å². The minimum Gasteiger partial charge on any atom is -0.267 e. The van der Waals surface area contributed by atoms with Crippen molar-refractivity contribution in [3.63, 3.8) is 0 Å². The molecule has 0 saturated carbocycles.